The number of carbonyl (C=O) groups is 1. The Morgan fingerprint density at radius 1 is 0.692 bits per heavy atom. The van der Waals surface area contributed by atoms with Crippen LogP contribution < -0.4 is 37.8 Å². The van der Waals surface area contributed by atoms with Gasteiger partial charge in [-0.1, -0.05) is 0 Å². The highest BCUT2D eigenvalue weighted by Gasteiger charge is 2.35. The quantitative estimate of drug-likeness (QED) is 0.0564. The molecule has 266 valence electrons. The summed E-state index contributed by atoms with van der Waals surface area (Å²) < 4.78 is 68.4. The summed E-state index contributed by atoms with van der Waals surface area (Å²) in [4.78, 5) is 57.9. The molecule has 0 heterocycles. The minimum Gasteiger partial charge on any atom is -0.506 e. The van der Waals surface area contributed by atoms with E-state index >= 15 is 0 Å². The summed E-state index contributed by atoms with van der Waals surface area (Å²) in [5, 5.41) is 41.8. The van der Waals surface area contributed by atoms with E-state index < -0.39 is 101 Å². The molecule has 0 amide bonds. The molecule has 0 saturated carbocycles. The molecule has 0 spiro atoms. The highest BCUT2D eigenvalue weighted by Crippen LogP contribution is 2.34. The van der Waals surface area contributed by atoms with Gasteiger partial charge in [0.1, 0.15) is 21.7 Å². The number of nitrogens with one attached hydrogen (secondary N) is 3. The molecule has 0 bridgehead atoms. The number of anilines is 3. The van der Waals surface area contributed by atoms with Crippen LogP contribution in [0.1, 0.15) is 15.9 Å². The van der Waals surface area contributed by atoms with E-state index in [1.54, 1.807) is 0 Å². The second-order valence-electron chi connectivity index (χ2n) is 10.3. The average Bonchev–Trinajstić information content (AvgIpc) is 3.07. The lowest BCUT2D eigenvalue weighted by Crippen LogP contribution is -2.48. The summed E-state index contributed by atoms with van der Waals surface area (Å²) in [5.74, 6) is -1.80. The fraction of sp³-hybridized carbons (Fsp3) is 0. The highest BCUT2D eigenvalue weighted by molar-refractivity contribution is 7.91. The summed E-state index contributed by atoms with van der Waals surface area (Å²) in [6, 6.07) is 10.4. The van der Waals surface area contributed by atoms with E-state index in [0.717, 1.165) is 42.5 Å². The number of carbonyl (C=O) groups excluding carboxylic acids is 1. The fourth-order valence-corrected chi connectivity index (χ4v) is 5.66. The Morgan fingerprint density at radius 2 is 1.33 bits per heavy atom. The van der Waals surface area contributed by atoms with Gasteiger partial charge in [-0.2, -0.15) is 32.1 Å². The summed E-state index contributed by atoms with van der Waals surface area (Å²) in [7, 11) is -10.3. The molecule has 0 atom stereocenters. The van der Waals surface area contributed by atoms with Crippen molar-refractivity contribution in [2.45, 2.75) is 4.90 Å². The number of allylic oxidation sites excluding steroid dienone is 1. The van der Waals surface area contributed by atoms with Gasteiger partial charge in [-0.3, -0.25) is 60.0 Å². The Morgan fingerprint density at radius 3 is 1.94 bits per heavy atom. The Bertz CT molecular complexity index is 2740. The molecular weight excluding hydrogens is 736 g/mol. The molecule has 0 unspecified atom stereocenters. The molecule has 52 heavy (non-hydrogen) atoms. The number of ketones is 1. The van der Waals surface area contributed by atoms with E-state index in [9.17, 15) is 65.7 Å². The first kappa shape index (κ1) is 36.3. The maximum Gasteiger partial charge on any atom is 0.296 e. The van der Waals surface area contributed by atoms with Crippen molar-refractivity contribution < 1.29 is 45.7 Å². The van der Waals surface area contributed by atoms with Crippen LogP contribution in [0.15, 0.2) is 101 Å². The second kappa shape index (κ2) is 13.7. The van der Waals surface area contributed by atoms with Crippen molar-refractivity contribution in [3.8, 4) is 5.75 Å². The third-order valence-electron chi connectivity index (χ3n) is 6.90. The van der Waals surface area contributed by atoms with Gasteiger partial charge in [0.15, 0.2) is 11.1 Å². The summed E-state index contributed by atoms with van der Waals surface area (Å²) >= 11 is 0. The molecule has 4 aromatic rings. The number of phenolic OH excluding ortho intramolecular Hbond substituents is 1. The lowest BCUT2D eigenvalue weighted by Gasteiger charge is -2.19. The van der Waals surface area contributed by atoms with Crippen molar-refractivity contribution in [3.63, 3.8) is 0 Å². The molecule has 0 fully saturated rings. The van der Waals surface area contributed by atoms with Crippen molar-refractivity contribution in [1.29, 1.82) is 0 Å². The van der Waals surface area contributed by atoms with Crippen LogP contribution in [-0.2, 0) is 20.2 Å². The van der Waals surface area contributed by atoms with Gasteiger partial charge in [0.25, 0.3) is 31.6 Å². The minimum atomic E-state index is -5.25. The standard InChI is InChI=1S/C28H18N8O14S2/c37-21-7-5-16(36(43)44)11-19(21)31-33-25-22(38)8-6-18(27(25)39)30-32-20-12-17(51(45,46)47)9-13-10-23(52(48,49)50)26(28(40)24(13)20)34-29-14-1-3-15(4-2-14)35(41)42/h1-12,29,31-32,37H,(H,45,46,47)(H,48,49,50). The van der Waals surface area contributed by atoms with Crippen molar-refractivity contribution >= 4 is 66.2 Å². The highest BCUT2D eigenvalue weighted by atomic mass is 32.2. The lowest BCUT2D eigenvalue weighted by molar-refractivity contribution is -0.385. The number of nitro groups is 2. The zero-order valence-corrected chi connectivity index (χ0v) is 26.9. The van der Waals surface area contributed by atoms with Crippen molar-refractivity contribution in [2.24, 2.45) is 15.3 Å². The molecule has 1 aliphatic rings. The normalized spacial score (nSPS) is 14.5. The molecular formula is C28H18N8O14S2. The van der Waals surface area contributed by atoms with Gasteiger partial charge in [-0.25, -0.2) is 0 Å². The predicted molar refractivity (Wildman–Crippen MR) is 179 cm³/mol. The van der Waals surface area contributed by atoms with Gasteiger partial charge < -0.3 is 5.11 Å². The van der Waals surface area contributed by atoms with Gasteiger partial charge >= 0.3 is 0 Å². The zero-order valence-electron chi connectivity index (χ0n) is 25.3. The molecule has 0 aromatic heterocycles. The molecule has 0 saturated heterocycles. The zero-order chi connectivity index (χ0) is 38.1. The predicted octanol–water partition coefficient (Wildman–Crippen LogP) is 0.800. The fourth-order valence-electron chi connectivity index (χ4n) is 4.46. The molecule has 0 aliphatic heterocycles. The third-order valence-corrected chi connectivity index (χ3v) is 8.60. The topological polar surface area (TPSA) is 340 Å². The van der Waals surface area contributed by atoms with Crippen molar-refractivity contribution in [2.75, 3.05) is 16.3 Å². The Kier molecular flexibility index (Phi) is 9.56. The number of hydrogen-bond acceptors (Lipinski definition) is 18. The lowest BCUT2D eigenvalue weighted by atomic mass is 9.93. The van der Waals surface area contributed by atoms with E-state index in [0.29, 0.717) is 18.2 Å². The second-order valence-corrected chi connectivity index (χ2v) is 13.1. The Labute approximate surface area is 287 Å². The van der Waals surface area contributed by atoms with Gasteiger partial charge in [0.2, 0.25) is 16.6 Å². The number of nitrogens with zero attached hydrogens (tertiary/aromatic N) is 5. The molecule has 0 radical (unpaired) electrons. The first-order valence-electron chi connectivity index (χ1n) is 13.7. The number of hydrazone groups is 1. The number of Topliss-reactive ketones (excluding diaryl/α,β-unsaturated/α-hetero) is 1. The van der Waals surface area contributed by atoms with Crippen LogP contribution in [0.3, 0.4) is 0 Å². The maximum absolute atomic E-state index is 13.8. The van der Waals surface area contributed by atoms with Crippen LogP contribution in [-0.4, -0.2) is 52.4 Å². The number of aromatic hydroxyl groups is 1. The molecule has 24 heteroatoms. The summed E-state index contributed by atoms with van der Waals surface area (Å²) in [6.07, 6.45) is 0.652. The Balaban J connectivity index is 1.62. The van der Waals surface area contributed by atoms with Gasteiger partial charge in [-0.15, -0.1) is 0 Å². The van der Waals surface area contributed by atoms with Crippen molar-refractivity contribution in [3.05, 3.63) is 134 Å². The average molecular weight is 755 g/mol. The number of rotatable bonds is 10. The van der Waals surface area contributed by atoms with Crippen LogP contribution in [0.5, 0.6) is 5.75 Å². The van der Waals surface area contributed by atoms with Crippen LogP contribution >= 0.6 is 0 Å². The molecule has 22 nitrogen and oxygen atoms in total. The van der Waals surface area contributed by atoms with E-state index in [1.807, 2.05) is 0 Å². The number of fused-ring (bicyclic) bond motifs is 1. The molecule has 6 N–H and O–H groups in total. The smallest absolute Gasteiger partial charge is 0.296 e. The number of phenols is 1. The van der Waals surface area contributed by atoms with E-state index in [4.69, 9.17) is 0 Å². The summed E-state index contributed by atoms with van der Waals surface area (Å²) in [6.45, 7) is 0. The SMILES string of the molecule is O=C1C(=NNc2ccc([N+](=O)[O-])cc2)C(S(=O)(=O)O)=Cc2cc(S(=O)(=O)O)cc(NN=c3ccc(=O)c(=NNc4cc([N+](=O)[O-])ccc4O)c3=O)c21. The van der Waals surface area contributed by atoms with Gasteiger partial charge in [0, 0.05) is 24.3 Å². The van der Waals surface area contributed by atoms with Crippen LogP contribution in [0.25, 0.3) is 6.08 Å². The van der Waals surface area contributed by atoms with Crippen molar-refractivity contribution in [1.82, 2.24) is 0 Å². The largest absolute Gasteiger partial charge is 0.506 e. The van der Waals surface area contributed by atoms with E-state index in [2.05, 4.69) is 31.6 Å². The maximum atomic E-state index is 13.8. The van der Waals surface area contributed by atoms with E-state index in [-0.39, 0.29) is 17.1 Å². The molecule has 1 aliphatic carbocycles. The number of benzene rings is 4. The first-order chi connectivity index (χ1) is 24.3. The molecule has 4 aromatic carbocycles. The van der Waals surface area contributed by atoms with Crippen LogP contribution in [0.2, 0.25) is 0 Å². The minimum absolute atomic E-state index is 0.0302. The van der Waals surface area contributed by atoms with E-state index in [1.165, 1.54) is 12.1 Å². The monoisotopic (exact) mass is 754 g/mol. The first-order valence-corrected chi connectivity index (χ1v) is 16.6. The van der Waals surface area contributed by atoms with Gasteiger partial charge in [-0.05, 0) is 54.1 Å². The van der Waals surface area contributed by atoms with Crippen LogP contribution in [0, 0.1) is 20.2 Å². The Hall–Kier alpha value is -7.02. The molecule has 5 rings (SSSR count). The summed E-state index contributed by atoms with van der Waals surface area (Å²) in [5.41, 5.74) is 0.984. The number of nitro benzene ring substituents is 2. The number of non-ortho nitro benzene ring substituents is 2. The van der Waals surface area contributed by atoms with Crippen LogP contribution in [0.4, 0.5) is 28.4 Å². The number of hydrogen-bond donors (Lipinski definition) is 6. The van der Waals surface area contributed by atoms with Gasteiger partial charge in [0.05, 0.1) is 31.7 Å². The third kappa shape index (κ3) is 7.58.